The van der Waals surface area contributed by atoms with Gasteiger partial charge >= 0.3 is 11.9 Å². The molecule has 4 fully saturated rings. The normalized spacial score (nSPS) is 45.3. The molecule has 0 heterocycles. The maximum atomic E-state index is 12.3. The summed E-state index contributed by atoms with van der Waals surface area (Å²) >= 11 is 0. The van der Waals surface area contributed by atoms with E-state index in [1.54, 1.807) is 6.92 Å². The number of esters is 2. The minimum absolute atomic E-state index is 0.0100. The minimum Gasteiger partial charge on any atom is -0.463 e. The Hall–Kier alpha value is -1.10. The first-order valence-corrected chi connectivity index (χ1v) is 13.7. The Morgan fingerprint density at radius 1 is 0.970 bits per heavy atom. The smallest absolute Gasteiger partial charge is 0.302 e. The molecule has 2 N–H and O–H groups in total. The van der Waals surface area contributed by atoms with Crippen LogP contribution < -0.4 is 5.73 Å². The molecule has 0 radical (unpaired) electrons. The van der Waals surface area contributed by atoms with Crippen molar-refractivity contribution in [3.8, 4) is 0 Å². The zero-order chi connectivity index (χ0) is 24.0. The molecule has 0 aromatic heterocycles. The first-order valence-electron chi connectivity index (χ1n) is 13.7. The molecule has 4 saturated carbocycles. The van der Waals surface area contributed by atoms with E-state index in [-0.39, 0.29) is 35.0 Å². The summed E-state index contributed by atoms with van der Waals surface area (Å²) in [7, 11) is 0. The third-order valence-corrected chi connectivity index (χ3v) is 11.0. The monoisotopic (exact) mass is 461 g/mol. The third kappa shape index (κ3) is 4.36. The number of hydrogen-bond donors (Lipinski definition) is 1. The zero-order valence-electron chi connectivity index (χ0n) is 21.6. The van der Waals surface area contributed by atoms with Crippen molar-refractivity contribution >= 4 is 11.9 Å². The van der Waals surface area contributed by atoms with Crippen molar-refractivity contribution in [2.45, 2.75) is 111 Å². The van der Waals surface area contributed by atoms with Gasteiger partial charge in [0.2, 0.25) is 0 Å². The Bertz CT molecular complexity index is 739. The van der Waals surface area contributed by atoms with Gasteiger partial charge in [-0.05, 0) is 112 Å². The van der Waals surface area contributed by atoms with Crippen LogP contribution in [-0.4, -0.2) is 30.7 Å². The summed E-state index contributed by atoms with van der Waals surface area (Å²) in [6.07, 6.45) is 11.5. The van der Waals surface area contributed by atoms with E-state index in [4.69, 9.17) is 15.2 Å². The predicted molar refractivity (Wildman–Crippen MR) is 129 cm³/mol. The summed E-state index contributed by atoms with van der Waals surface area (Å²) in [6.45, 7) is 11.2. The van der Waals surface area contributed by atoms with Crippen LogP contribution in [0.3, 0.4) is 0 Å². The van der Waals surface area contributed by atoms with Crippen LogP contribution in [0, 0.1) is 46.3 Å². The van der Waals surface area contributed by atoms with E-state index in [9.17, 15) is 9.59 Å². The highest BCUT2D eigenvalue weighted by atomic mass is 16.5. The Morgan fingerprint density at radius 3 is 2.36 bits per heavy atom. The average molecular weight is 462 g/mol. The first kappa shape index (κ1) is 25.0. The topological polar surface area (TPSA) is 78.6 Å². The third-order valence-electron chi connectivity index (χ3n) is 11.0. The van der Waals surface area contributed by atoms with E-state index in [1.807, 2.05) is 0 Å². The fourth-order valence-corrected chi connectivity index (χ4v) is 9.48. The van der Waals surface area contributed by atoms with Gasteiger partial charge in [-0.3, -0.25) is 9.59 Å². The summed E-state index contributed by atoms with van der Waals surface area (Å²) in [6, 6.07) is 0. The molecule has 0 bridgehead atoms. The zero-order valence-corrected chi connectivity index (χ0v) is 21.6. The van der Waals surface area contributed by atoms with E-state index in [1.165, 1.54) is 39.0 Å². The summed E-state index contributed by atoms with van der Waals surface area (Å²) in [5, 5.41) is 0. The molecule has 33 heavy (non-hydrogen) atoms. The number of carbonyl (C=O) groups excluding carboxylic acids is 2. The van der Waals surface area contributed by atoms with Gasteiger partial charge in [0, 0.05) is 19.3 Å². The van der Waals surface area contributed by atoms with Gasteiger partial charge in [-0.15, -0.1) is 0 Å². The van der Waals surface area contributed by atoms with Crippen LogP contribution in [0.2, 0.25) is 0 Å². The molecule has 0 unspecified atom stereocenters. The van der Waals surface area contributed by atoms with Crippen molar-refractivity contribution in [3.05, 3.63) is 0 Å². The van der Waals surface area contributed by atoms with E-state index < -0.39 is 0 Å². The van der Waals surface area contributed by atoms with Crippen LogP contribution in [0.4, 0.5) is 0 Å². The summed E-state index contributed by atoms with van der Waals surface area (Å²) in [5.74, 6) is 3.48. The van der Waals surface area contributed by atoms with Crippen LogP contribution in [0.15, 0.2) is 0 Å². The number of hydrogen-bond acceptors (Lipinski definition) is 5. The van der Waals surface area contributed by atoms with E-state index in [0.717, 1.165) is 44.6 Å². The predicted octanol–water partition coefficient (Wildman–Crippen LogP) is 5.49. The largest absolute Gasteiger partial charge is 0.463 e. The van der Waals surface area contributed by atoms with Crippen LogP contribution >= 0.6 is 0 Å². The van der Waals surface area contributed by atoms with Gasteiger partial charge in [-0.25, -0.2) is 0 Å². The van der Waals surface area contributed by atoms with Gasteiger partial charge in [-0.1, -0.05) is 20.8 Å². The molecule has 5 heteroatoms. The lowest BCUT2D eigenvalue weighted by Crippen LogP contribution is -2.59. The van der Waals surface area contributed by atoms with Gasteiger partial charge in [0.05, 0.1) is 0 Å². The van der Waals surface area contributed by atoms with Crippen molar-refractivity contribution < 1.29 is 19.1 Å². The van der Waals surface area contributed by atoms with E-state index >= 15 is 0 Å². The molecule has 188 valence electrons. The molecule has 4 aliphatic carbocycles. The van der Waals surface area contributed by atoms with Gasteiger partial charge in [0.15, 0.2) is 0 Å². The second-order valence-corrected chi connectivity index (χ2v) is 12.5. The van der Waals surface area contributed by atoms with Crippen molar-refractivity contribution in [3.63, 3.8) is 0 Å². The Morgan fingerprint density at radius 2 is 1.70 bits per heavy atom. The molecule has 0 aliphatic heterocycles. The van der Waals surface area contributed by atoms with Gasteiger partial charge < -0.3 is 15.2 Å². The van der Waals surface area contributed by atoms with E-state index in [0.29, 0.717) is 29.6 Å². The first-order chi connectivity index (χ1) is 15.6. The second-order valence-electron chi connectivity index (χ2n) is 12.5. The molecule has 10 atom stereocenters. The van der Waals surface area contributed by atoms with Crippen LogP contribution in [0.1, 0.15) is 98.8 Å². The molecule has 4 rings (SSSR count). The molecular formula is C28H47NO4. The number of rotatable bonds is 6. The lowest BCUT2D eigenvalue weighted by molar-refractivity contribution is -0.197. The lowest BCUT2D eigenvalue weighted by Gasteiger charge is -2.62. The Kier molecular flexibility index (Phi) is 7.21. The Balaban J connectivity index is 1.60. The highest BCUT2D eigenvalue weighted by molar-refractivity contribution is 5.66. The molecule has 0 aromatic rings. The SMILES string of the molecule is CC(=O)O[C@@H]1CC[C@@]2(C)[C@H](CC[C@@H]3[C@@H]2C[C@H](OC(C)=O)[C@]2(C)[C@@H]([C@H](C)CCCN)CC[C@@H]32)C1. The molecule has 0 spiro atoms. The van der Waals surface area contributed by atoms with Gasteiger partial charge in [0.1, 0.15) is 12.2 Å². The quantitative estimate of drug-likeness (QED) is 0.529. The van der Waals surface area contributed by atoms with Crippen LogP contribution in [0.5, 0.6) is 0 Å². The number of nitrogens with two attached hydrogens (primary N) is 1. The molecule has 5 nitrogen and oxygen atoms in total. The molecular weight excluding hydrogens is 414 g/mol. The number of carbonyl (C=O) groups is 2. The molecule has 0 aromatic carbocycles. The molecule has 4 aliphatic rings. The fourth-order valence-electron chi connectivity index (χ4n) is 9.48. The van der Waals surface area contributed by atoms with E-state index in [2.05, 4.69) is 20.8 Å². The van der Waals surface area contributed by atoms with Crippen LogP contribution in [0.25, 0.3) is 0 Å². The summed E-state index contributed by atoms with van der Waals surface area (Å²) < 4.78 is 11.8. The Labute approximate surface area is 200 Å². The maximum Gasteiger partial charge on any atom is 0.302 e. The average Bonchev–Trinajstić information content (AvgIpc) is 3.10. The highest BCUT2D eigenvalue weighted by Gasteiger charge is 2.65. The standard InChI is InChI=1S/C28H47NO4/c1-17(7-6-14-29)23-10-11-24-22-9-8-20-15-21(32-18(2)30)12-13-27(20,4)25(22)16-26(28(23,24)5)33-19(3)31/h17,20-26H,6-16,29H2,1-5H3/t17-,20-,21-,22+,23-,24+,25+,26+,27+,28-/m1/s1. The van der Waals surface area contributed by atoms with Crippen LogP contribution in [-0.2, 0) is 19.1 Å². The van der Waals surface area contributed by atoms with Crippen molar-refractivity contribution in [1.82, 2.24) is 0 Å². The van der Waals surface area contributed by atoms with Gasteiger partial charge in [0.25, 0.3) is 0 Å². The highest BCUT2D eigenvalue weighted by Crippen LogP contribution is 2.69. The van der Waals surface area contributed by atoms with Crippen molar-refractivity contribution in [1.29, 1.82) is 0 Å². The maximum absolute atomic E-state index is 12.3. The van der Waals surface area contributed by atoms with Crippen molar-refractivity contribution in [2.75, 3.05) is 6.54 Å². The lowest BCUT2D eigenvalue weighted by atomic mass is 9.43. The summed E-state index contributed by atoms with van der Waals surface area (Å²) in [5.41, 5.74) is 6.16. The molecule has 0 saturated heterocycles. The molecule has 0 amide bonds. The minimum atomic E-state index is -0.151. The number of ether oxygens (including phenoxy) is 2. The second kappa shape index (κ2) is 9.51. The van der Waals surface area contributed by atoms with Gasteiger partial charge in [-0.2, -0.15) is 0 Å². The fraction of sp³-hybridized carbons (Fsp3) is 0.929. The van der Waals surface area contributed by atoms with Crippen molar-refractivity contribution in [2.24, 2.45) is 52.1 Å². The summed E-state index contributed by atoms with van der Waals surface area (Å²) in [4.78, 5) is 23.8. The number of fused-ring (bicyclic) bond motifs is 5.